The summed E-state index contributed by atoms with van der Waals surface area (Å²) in [6, 6.07) is 12.0. The summed E-state index contributed by atoms with van der Waals surface area (Å²) in [5.74, 6) is 2.53. The summed E-state index contributed by atoms with van der Waals surface area (Å²) >= 11 is 0. The van der Waals surface area contributed by atoms with E-state index in [9.17, 15) is 10.2 Å². The molecule has 4 rings (SSSR count). The third kappa shape index (κ3) is 2.50. The summed E-state index contributed by atoms with van der Waals surface area (Å²) in [6.45, 7) is 1.98. The second-order valence-corrected chi connectivity index (χ2v) is 7.29. The normalized spacial score (nSPS) is 26.4. The molecule has 2 aromatic carbocycles. The highest BCUT2D eigenvalue weighted by atomic mass is 16.3. The molecule has 2 aliphatic carbocycles. The van der Waals surface area contributed by atoms with Crippen LogP contribution in [0.1, 0.15) is 59.8 Å². The van der Waals surface area contributed by atoms with Crippen molar-refractivity contribution in [1.82, 2.24) is 0 Å². The monoisotopic (exact) mass is 308 g/mol. The number of phenolic OH excluding ortho intramolecular Hbond substituents is 2. The molecule has 2 heteroatoms. The largest absolute Gasteiger partial charge is 0.508 e. The first kappa shape index (κ1) is 14.6. The summed E-state index contributed by atoms with van der Waals surface area (Å²) in [6.07, 6.45) is 6.14. The Hall–Kier alpha value is -1.96. The molecular weight excluding hydrogens is 284 g/mol. The number of fused-ring (bicyclic) bond motifs is 3. The lowest BCUT2D eigenvalue weighted by Crippen LogP contribution is -2.30. The first-order valence-electron chi connectivity index (χ1n) is 8.75. The lowest BCUT2D eigenvalue weighted by atomic mass is 9.61. The SMILES string of the molecule is Cc1cc2c(cc1O)[C@@H]1CCCC[C@@H]1[C@H](c1ccc(O)cc1)C2. The summed E-state index contributed by atoms with van der Waals surface area (Å²) in [4.78, 5) is 0. The Balaban J connectivity index is 1.79. The van der Waals surface area contributed by atoms with Crippen molar-refractivity contribution in [2.24, 2.45) is 5.92 Å². The molecule has 0 aromatic heterocycles. The molecule has 2 aliphatic rings. The number of phenols is 2. The van der Waals surface area contributed by atoms with Crippen molar-refractivity contribution in [2.75, 3.05) is 0 Å². The van der Waals surface area contributed by atoms with Crippen LogP contribution in [0.5, 0.6) is 11.5 Å². The second-order valence-electron chi connectivity index (χ2n) is 7.29. The Morgan fingerprint density at radius 1 is 0.913 bits per heavy atom. The maximum absolute atomic E-state index is 10.2. The smallest absolute Gasteiger partial charge is 0.118 e. The summed E-state index contributed by atoms with van der Waals surface area (Å²) in [5, 5.41) is 19.7. The zero-order chi connectivity index (χ0) is 16.0. The average Bonchev–Trinajstić information content (AvgIpc) is 2.56. The van der Waals surface area contributed by atoms with Crippen molar-refractivity contribution in [3.05, 3.63) is 58.7 Å². The summed E-state index contributed by atoms with van der Waals surface area (Å²) in [5.41, 5.74) is 5.10. The molecule has 2 aromatic rings. The fourth-order valence-corrected chi connectivity index (χ4v) is 4.80. The van der Waals surface area contributed by atoms with Gasteiger partial charge in [-0.25, -0.2) is 0 Å². The lowest BCUT2D eigenvalue weighted by molar-refractivity contribution is 0.242. The number of aryl methyl sites for hydroxylation is 1. The molecule has 0 unspecified atom stereocenters. The molecular formula is C21H24O2. The highest BCUT2D eigenvalue weighted by Crippen LogP contribution is 2.52. The Morgan fingerprint density at radius 3 is 2.43 bits per heavy atom. The second kappa shape index (κ2) is 5.59. The van der Waals surface area contributed by atoms with Crippen LogP contribution in [0.4, 0.5) is 0 Å². The van der Waals surface area contributed by atoms with Crippen molar-refractivity contribution in [2.45, 2.75) is 50.9 Å². The van der Waals surface area contributed by atoms with Gasteiger partial charge in [-0.2, -0.15) is 0 Å². The molecule has 0 heterocycles. The van der Waals surface area contributed by atoms with Crippen LogP contribution >= 0.6 is 0 Å². The number of aromatic hydroxyl groups is 2. The molecule has 23 heavy (non-hydrogen) atoms. The van der Waals surface area contributed by atoms with Gasteiger partial charge in [0.25, 0.3) is 0 Å². The highest BCUT2D eigenvalue weighted by Gasteiger charge is 2.39. The first-order chi connectivity index (χ1) is 11.1. The van der Waals surface area contributed by atoms with Crippen LogP contribution in [0.2, 0.25) is 0 Å². The van der Waals surface area contributed by atoms with E-state index >= 15 is 0 Å². The van der Waals surface area contributed by atoms with E-state index in [2.05, 4.69) is 18.2 Å². The standard InChI is InChI=1S/C21H24O2/c1-13-10-15-11-19(14-6-8-16(22)9-7-14)17-4-2-3-5-18(17)20(15)12-21(13)23/h6-10,12,17-19,22-23H,2-5,11H2,1H3/t17-,18+,19-/m0/s1. The first-order valence-corrected chi connectivity index (χ1v) is 8.75. The average molecular weight is 308 g/mol. The molecule has 120 valence electrons. The Bertz CT molecular complexity index is 717. The molecule has 0 saturated heterocycles. The molecule has 2 N–H and O–H groups in total. The van der Waals surface area contributed by atoms with Gasteiger partial charge in [-0.15, -0.1) is 0 Å². The molecule has 0 amide bonds. The van der Waals surface area contributed by atoms with Crippen molar-refractivity contribution in [3.8, 4) is 11.5 Å². The van der Waals surface area contributed by atoms with Crippen molar-refractivity contribution in [1.29, 1.82) is 0 Å². The number of hydrogen-bond donors (Lipinski definition) is 2. The van der Waals surface area contributed by atoms with E-state index in [-0.39, 0.29) is 0 Å². The maximum atomic E-state index is 10.2. The predicted molar refractivity (Wildman–Crippen MR) is 92.1 cm³/mol. The third-order valence-electron chi connectivity index (χ3n) is 5.95. The number of hydrogen-bond acceptors (Lipinski definition) is 2. The van der Waals surface area contributed by atoms with Gasteiger partial charge in [-0.05, 0) is 84.4 Å². The van der Waals surface area contributed by atoms with E-state index < -0.39 is 0 Å². The van der Waals surface area contributed by atoms with Gasteiger partial charge in [-0.3, -0.25) is 0 Å². The predicted octanol–water partition coefficient (Wildman–Crippen LogP) is 5.02. The van der Waals surface area contributed by atoms with Crippen LogP contribution in [0.3, 0.4) is 0 Å². The van der Waals surface area contributed by atoms with E-state index in [0.717, 1.165) is 12.0 Å². The van der Waals surface area contributed by atoms with Crippen LogP contribution in [-0.4, -0.2) is 10.2 Å². The minimum absolute atomic E-state index is 0.339. The van der Waals surface area contributed by atoms with Gasteiger partial charge in [0.15, 0.2) is 0 Å². The molecule has 0 bridgehead atoms. The van der Waals surface area contributed by atoms with E-state index in [1.807, 2.05) is 25.1 Å². The van der Waals surface area contributed by atoms with Crippen LogP contribution in [-0.2, 0) is 6.42 Å². The van der Waals surface area contributed by atoms with E-state index in [1.54, 1.807) is 0 Å². The van der Waals surface area contributed by atoms with Crippen LogP contribution in [0.15, 0.2) is 36.4 Å². The lowest BCUT2D eigenvalue weighted by Gasteiger charge is -2.43. The zero-order valence-electron chi connectivity index (χ0n) is 13.6. The fraction of sp³-hybridized carbons (Fsp3) is 0.429. The third-order valence-corrected chi connectivity index (χ3v) is 5.95. The maximum Gasteiger partial charge on any atom is 0.118 e. The molecule has 1 saturated carbocycles. The molecule has 0 spiro atoms. The van der Waals surface area contributed by atoms with E-state index in [1.165, 1.54) is 42.4 Å². The van der Waals surface area contributed by atoms with Crippen LogP contribution in [0, 0.1) is 12.8 Å². The van der Waals surface area contributed by atoms with Gasteiger partial charge >= 0.3 is 0 Å². The minimum Gasteiger partial charge on any atom is -0.508 e. The number of rotatable bonds is 1. The van der Waals surface area contributed by atoms with Gasteiger partial charge in [0.05, 0.1) is 0 Å². The summed E-state index contributed by atoms with van der Waals surface area (Å²) < 4.78 is 0. The highest BCUT2D eigenvalue weighted by molar-refractivity contribution is 5.47. The fourth-order valence-electron chi connectivity index (χ4n) is 4.80. The molecule has 0 radical (unpaired) electrons. The summed E-state index contributed by atoms with van der Waals surface area (Å²) in [7, 11) is 0. The van der Waals surface area contributed by atoms with Gasteiger partial charge < -0.3 is 10.2 Å². The quantitative estimate of drug-likeness (QED) is 0.776. The minimum atomic E-state index is 0.339. The Kier molecular flexibility index (Phi) is 3.56. The Morgan fingerprint density at radius 2 is 1.65 bits per heavy atom. The van der Waals surface area contributed by atoms with Crippen molar-refractivity contribution < 1.29 is 10.2 Å². The molecule has 2 nitrogen and oxygen atoms in total. The zero-order valence-corrected chi connectivity index (χ0v) is 13.6. The molecule has 0 aliphatic heterocycles. The van der Waals surface area contributed by atoms with Gasteiger partial charge in [0.1, 0.15) is 11.5 Å². The van der Waals surface area contributed by atoms with E-state index in [0.29, 0.717) is 29.3 Å². The van der Waals surface area contributed by atoms with Gasteiger partial charge in [0.2, 0.25) is 0 Å². The molecule has 3 atom stereocenters. The van der Waals surface area contributed by atoms with Gasteiger partial charge in [0, 0.05) is 0 Å². The van der Waals surface area contributed by atoms with Crippen LogP contribution < -0.4 is 0 Å². The van der Waals surface area contributed by atoms with Crippen molar-refractivity contribution in [3.63, 3.8) is 0 Å². The topological polar surface area (TPSA) is 40.5 Å². The van der Waals surface area contributed by atoms with Crippen molar-refractivity contribution >= 4 is 0 Å². The van der Waals surface area contributed by atoms with Gasteiger partial charge in [-0.1, -0.05) is 31.0 Å². The van der Waals surface area contributed by atoms with Crippen LogP contribution in [0.25, 0.3) is 0 Å². The molecule has 1 fully saturated rings. The Labute approximate surface area is 137 Å². The number of benzene rings is 2. The van der Waals surface area contributed by atoms with E-state index in [4.69, 9.17) is 0 Å².